The zero-order valence-corrected chi connectivity index (χ0v) is 24.1. The highest BCUT2D eigenvalue weighted by molar-refractivity contribution is 7.98. The van der Waals surface area contributed by atoms with Crippen LogP contribution in [0.5, 0.6) is 11.5 Å². The maximum atomic E-state index is 15.5. The Balaban J connectivity index is 1.43. The molecule has 10 heteroatoms. The minimum atomic E-state index is -0.991. The first-order chi connectivity index (χ1) is 21.0. The van der Waals surface area contributed by atoms with Crippen LogP contribution in [-0.4, -0.2) is 35.3 Å². The number of hydrogen-bond donors (Lipinski definition) is 0. The Hall–Kier alpha value is -4.57. The van der Waals surface area contributed by atoms with Crippen molar-refractivity contribution in [3.8, 4) is 11.5 Å². The van der Waals surface area contributed by atoms with Crippen molar-refractivity contribution in [2.75, 3.05) is 24.8 Å². The van der Waals surface area contributed by atoms with Crippen LogP contribution in [0.2, 0.25) is 0 Å². The molecule has 1 amide bonds. The van der Waals surface area contributed by atoms with E-state index in [1.165, 1.54) is 24.0 Å². The molecule has 0 radical (unpaired) electrons. The zero-order chi connectivity index (χ0) is 29.8. The molecule has 43 heavy (non-hydrogen) atoms. The molecular weight excluding hydrogens is 572 g/mol. The number of amides is 1. The predicted octanol–water partition coefficient (Wildman–Crippen LogP) is 5.89. The van der Waals surface area contributed by atoms with Crippen LogP contribution in [0.15, 0.2) is 101 Å². The molecule has 0 fully saturated rings. The van der Waals surface area contributed by atoms with Gasteiger partial charge in [0.2, 0.25) is 5.43 Å². The number of carbonyl (C=O) groups is 1. The number of ether oxygens (including phenoxy) is 2. The summed E-state index contributed by atoms with van der Waals surface area (Å²) in [5.41, 5.74) is 1.15. The summed E-state index contributed by atoms with van der Waals surface area (Å²) in [5.74, 6) is -1.95. The first-order valence-corrected chi connectivity index (χ1v) is 14.9. The van der Waals surface area contributed by atoms with Gasteiger partial charge in [0.05, 0.1) is 6.54 Å². The maximum Gasteiger partial charge on any atom is 0.277 e. The Labute approximate surface area is 251 Å². The second-order valence-electron chi connectivity index (χ2n) is 10.2. The number of fused-ring (bicyclic) bond motifs is 5. The fourth-order valence-corrected chi connectivity index (χ4v) is 6.10. The van der Waals surface area contributed by atoms with Crippen molar-refractivity contribution in [2.45, 2.75) is 30.2 Å². The molecule has 3 heterocycles. The van der Waals surface area contributed by atoms with Crippen LogP contribution in [0.4, 0.5) is 8.78 Å². The number of hydrogen-bond acceptors (Lipinski definition) is 6. The van der Waals surface area contributed by atoms with Crippen LogP contribution in [0.1, 0.15) is 33.6 Å². The number of nitrogens with zero attached hydrogens (tertiary/aromatic N) is 3. The molecule has 0 unspecified atom stereocenters. The van der Waals surface area contributed by atoms with Gasteiger partial charge in [0.1, 0.15) is 25.6 Å². The third-order valence-electron chi connectivity index (χ3n) is 7.32. The highest BCUT2D eigenvalue weighted by Crippen LogP contribution is 2.35. The van der Waals surface area contributed by atoms with E-state index in [-0.39, 0.29) is 60.8 Å². The molecule has 7 nitrogen and oxygen atoms in total. The monoisotopic (exact) mass is 601 g/mol. The average molecular weight is 602 g/mol. The molecule has 3 aromatic carbocycles. The summed E-state index contributed by atoms with van der Waals surface area (Å²) in [6.45, 7) is 0.890. The highest BCUT2D eigenvalue weighted by Gasteiger charge is 2.34. The van der Waals surface area contributed by atoms with Crippen molar-refractivity contribution >= 4 is 17.7 Å². The van der Waals surface area contributed by atoms with Gasteiger partial charge < -0.3 is 14.4 Å². The molecule has 0 saturated heterocycles. The molecule has 0 spiro atoms. The van der Waals surface area contributed by atoms with Crippen molar-refractivity contribution in [1.82, 2.24) is 9.58 Å². The van der Waals surface area contributed by atoms with Crippen LogP contribution in [0.3, 0.4) is 0 Å². The average Bonchev–Trinajstić information content (AvgIpc) is 3.02. The molecule has 0 N–H and O–H groups in total. The second kappa shape index (κ2) is 12.7. The smallest absolute Gasteiger partial charge is 0.277 e. The van der Waals surface area contributed by atoms with E-state index in [2.05, 4.69) is 0 Å². The predicted molar refractivity (Wildman–Crippen MR) is 161 cm³/mol. The molecular formula is C33H29F2N3O4S. The van der Waals surface area contributed by atoms with Gasteiger partial charge in [0.25, 0.3) is 5.91 Å². The van der Waals surface area contributed by atoms with E-state index in [1.54, 1.807) is 15.7 Å². The lowest BCUT2D eigenvalue weighted by Gasteiger charge is -2.40. The van der Waals surface area contributed by atoms with E-state index in [1.807, 2.05) is 71.7 Å². The van der Waals surface area contributed by atoms with Gasteiger partial charge in [-0.05, 0) is 24.1 Å². The van der Waals surface area contributed by atoms with Gasteiger partial charge in [-0.3, -0.25) is 19.3 Å². The number of thioether (sulfide) groups is 1. The third kappa shape index (κ3) is 6.15. The number of halogens is 2. The minimum Gasteiger partial charge on any atom is -0.489 e. The molecule has 220 valence electrons. The highest BCUT2D eigenvalue weighted by atomic mass is 32.2. The molecule has 2 aliphatic rings. The van der Waals surface area contributed by atoms with E-state index >= 15 is 4.39 Å². The first-order valence-electron chi connectivity index (χ1n) is 13.9. The normalized spacial score (nSPS) is 15.4. The lowest BCUT2D eigenvalue weighted by atomic mass is 10.1. The zero-order valence-electron chi connectivity index (χ0n) is 23.2. The summed E-state index contributed by atoms with van der Waals surface area (Å²) in [6.07, 6.45) is 5.74. The third-order valence-corrected chi connectivity index (χ3v) is 8.36. The van der Waals surface area contributed by atoms with Crippen molar-refractivity contribution < 1.29 is 23.0 Å². The number of carbonyl (C=O) groups excluding carboxylic acids is 1. The van der Waals surface area contributed by atoms with E-state index in [0.717, 1.165) is 16.5 Å². The fourth-order valence-electron chi connectivity index (χ4n) is 5.14. The number of rotatable bonds is 6. The Morgan fingerprint density at radius 2 is 1.72 bits per heavy atom. The standard InChI is InChI=1S/C33H29F2N3O4S/c34-27-18-29-25(26(30(27)35)21-43-24-12-6-2-7-13-24)19-37-22-36(15-8-3-9-17-41-29)33(40)31-32(28(39)14-16-38(31)37)42-20-23-10-4-1-5-11-23/h1-7,9-14,16,18H,8,15,17,19-22H2/b9-3+. The lowest BCUT2D eigenvalue weighted by Crippen LogP contribution is -2.54. The molecule has 0 atom stereocenters. The number of aromatic nitrogens is 1. The van der Waals surface area contributed by atoms with Crippen molar-refractivity contribution in [3.63, 3.8) is 0 Å². The molecule has 0 saturated carbocycles. The van der Waals surface area contributed by atoms with Gasteiger partial charge in [0, 0.05) is 46.6 Å². The van der Waals surface area contributed by atoms with E-state index in [0.29, 0.717) is 18.5 Å². The molecule has 0 aliphatic carbocycles. The van der Waals surface area contributed by atoms with Gasteiger partial charge in [-0.25, -0.2) is 8.78 Å². The van der Waals surface area contributed by atoms with Crippen molar-refractivity contribution in [2.24, 2.45) is 0 Å². The summed E-state index contributed by atoms with van der Waals surface area (Å²) < 4.78 is 44.0. The van der Waals surface area contributed by atoms with Crippen LogP contribution in [-0.2, 0) is 18.9 Å². The van der Waals surface area contributed by atoms with Gasteiger partial charge >= 0.3 is 0 Å². The number of pyridine rings is 1. The van der Waals surface area contributed by atoms with Crippen LogP contribution < -0.4 is 19.9 Å². The Kier molecular flexibility index (Phi) is 8.46. The van der Waals surface area contributed by atoms with Crippen LogP contribution in [0.25, 0.3) is 0 Å². The molecule has 2 aliphatic heterocycles. The molecule has 2 bridgehead atoms. The van der Waals surface area contributed by atoms with Gasteiger partial charge in [0.15, 0.2) is 23.1 Å². The second-order valence-corrected chi connectivity index (χ2v) is 11.2. The summed E-state index contributed by atoms with van der Waals surface area (Å²) in [6, 6.07) is 21.3. The molecule has 1 aromatic heterocycles. The van der Waals surface area contributed by atoms with Gasteiger partial charge in [-0.2, -0.15) is 0 Å². The quantitative estimate of drug-likeness (QED) is 0.203. The van der Waals surface area contributed by atoms with Gasteiger partial charge in [-0.15, -0.1) is 11.8 Å². The first kappa shape index (κ1) is 28.5. The SMILES string of the molecule is O=C1c2c(OCc3ccccc3)c(=O)ccn2N2Cc3c(cc(F)c(F)c3CSc3ccccc3)OC/C=C/CCN1C2. The Morgan fingerprint density at radius 3 is 2.51 bits per heavy atom. The number of benzene rings is 3. The topological polar surface area (TPSA) is 64.0 Å². The summed E-state index contributed by atoms with van der Waals surface area (Å²) in [5, 5.41) is 1.81. The van der Waals surface area contributed by atoms with E-state index < -0.39 is 17.1 Å². The Bertz CT molecular complexity index is 1710. The molecule has 4 aromatic rings. The molecule has 6 rings (SSSR count). The van der Waals surface area contributed by atoms with E-state index in [9.17, 15) is 14.0 Å². The summed E-state index contributed by atoms with van der Waals surface area (Å²) in [7, 11) is 0. The van der Waals surface area contributed by atoms with Crippen LogP contribution in [0, 0.1) is 11.6 Å². The van der Waals surface area contributed by atoms with Crippen molar-refractivity contribution in [3.05, 3.63) is 135 Å². The summed E-state index contributed by atoms with van der Waals surface area (Å²) >= 11 is 1.39. The van der Waals surface area contributed by atoms with E-state index in [4.69, 9.17) is 9.47 Å². The van der Waals surface area contributed by atoms with Crippen LogP contribution >= 0.6 is 11.8 Å². The maximum absolute atomic E-state index is 15.5. The van der Waals surface area contributed by atoms with Gasteiger partial charge in [-0.1, -0.05) is 60.7 Å². The largest absolute Gasteiger partial charge is 0.489 e. The fraction of sp³-hybridized carbons (Fsp3) is 0.212. The Morgan fingerprint density at radius 1 is 0.953 bits per heavy atom. The summed E-state index contributed by atoms with van der Waals surface area (Å²) in [4.78, 5) is 29.4. The lowest BCUT2D eigenvalue weighted by molar-refractivity contribution is 0.0685. The minimum absolute atomic E-state index is 0.0599. The van der Waals surface area contributed by atoms with Crippen molar-refractivity contribution in [1.29, 1.82) is 0 Å².